The van der Waals surface area contributed by atoms with Crippen LogP contribution in [0.15, 0.2) is 5.10 Å². The molecule has 12 heavy (non-hydrogen) atoms. The van der Waals surface area contributed by atoms with Crippen LogP contribution in [0.1, 0.15) is 13.3 Å². The Kier molecular flexibility index (Phi) is 1.70. The van der Waals surface area contributed by atoms with Gasteiger partial charge in [-0.05, 0) is 19.2 Å². The quantitative estimate of drug-likeness (QED) is 0.479. The summed E-state index contributed by atoms with van der Waals surface area (Å²) in [6.45, 7) is 2.03. The van der Waals surface area contributed by atoms with Crippen LogP contribution in [0, 0.1) is 5.92 Å². The van der Waals surface area contributed by atoms with Crippen LogP contribution >= 0.6 is 0 Å². The van der Waals surface area contributed by atoms with Gasteiger partial charge in [0.2, 0.25) is 5.91 Å². The second-order valence-electron chi connectivity index (χ2n) is 3.75. The highest BCUT2D eigenvalue weighted by Crippen LogP contribution is 2.36. The topological polar surface area (TPSA) is 32.7 Å². The highest BCUT2D eigenvalue weighted by molar-refractivity contribution is 6.47. The first kappa shape index (κ1) is 7.83. The average Bonchev–Trinajstić information content (AvgIpc) is 2.48. The molecule has 0 saturated carbocycles. The predicted octanol–water partition coefficient (Wildman–Crippen LogP) is 0.497. The van der Waals surface area contributed by atoms with Crippen molar-refractivity contribution in [2.75, 3.05) is 7.05 Å². The molecule has 0 aromatic rings. The molecule has 2 heterocycles. The Morgan fingerprint density at radius 2 is 2.42 bits per heavy atom. The molecule has 0 radical (unpaired) electrons. The van der Waals surface area contributed by atoms with Crippen molar-refractivity contribution in [3.8, 4) is 0 Å². The molecule has 2 rings (SSSR count). The first-order chi connectivity index (χ1) is 5.70. The second kappa shape index (κ2) is 2.61. The van der Waals surface area contributed by atoms with Crippen LogP contribution in [0.5, 0.6) is 0 Å². The van der Waals surface area contributed by atoms with E-state index in [1.165, 1.54) is 11.3 Å². The summed E-state index contributed by atoms with van der Waals surface area (Å²) < 4.78 is 0. The first-order valence-electron chi connectivity index (χ1n) is 4.53. The van der Waals surface area contributed by atoms with Gasteiger partial charge in [-0.1, -0.05) is 6.32 Å². The molecule has 2 atom stereocenters. The standard InChI is InChI=1S/C8H13BN2O/c1-5-7-6(3-4-9-7)8(12)11(2)10-5/h6-7,9H,3-4H2,1-2H3. The van der Waals surface area contributed by atoms with Crippen molar-refractivity contribution in [2.24, 2.45) is 11.0 Å². The number of amides is 1. The summed E-state index contributed by atoms with van der Waals surface area (Å²) in [6.07, 6.45) is 2.24. The summed E-state index contributed by atoms with van der Waals surface area (Å²) in [5.74, 6) is 0.907. The van der Waals surface area contributed by atoms with E-state index in [2.05, 4.69) is 5.10 Å². The number of fused-ring (bicyclic) bond motifs is 1. The minimum absolute atomic E-state index is 0.211. The SMILES string of the molecule is CC1=NN(C)C(=O)C2CCBC12. The lowest BCUT2D eigenvalue weighted by atomic mass is 9.63. The largest absolute Gasteiger partial charge is 0.273 e. The van der Waals surface area contributed by atoms with E-state index in [4.69, 9.17) is 0 Å². The molecule has 1 saturated heterocycles. The maximum absolute atomic E-state index is 11.6. The van der Waals surface area contributed by atoms with Crippen molar-refractivity contribution >= 4 is 18.9 Å². The number of hydrazone groups is 1. The molecule has 0 aromatic carbocycles. The molecule has 64 valence electrons. The Morgan fingerprint density at radius 3 is 3.17 bits per heavy atom. The molecule has 1 fully saturated rings. The zero-order valence-corrected chi connectivity index (χ0v) is 7.58. The van der Waals surface area contributed by atoms with E-state index in [0.717, 1.165) is 19.4 Å². The average molecular weight is 164 g/mol. The Hall–Kier alpha value is -0.795. The van der Waals surface area contributed by atoms with Gasteiger partial charge < -0.3 is 0 Å². The fraction of sp³-hybridized carbons (Fsp3) is 0.750. The van der Waals surface area contributed by atoms with Crippen LogP contribution in [-0.4, -0.2) is 31.0 Å². The van der Waals surface area contributed by atoms with Gasteiger partial charge in [-0.3, -0.25) is 4.79 Å². The predicted molar refractivity (Wildman–Crippen MR) is 49.7 cm³/mol. The van der Waals surface area contributed by atoms with Gasteiger partial charge in [0.25, 0.3) is 0 Å². The molecule has 2 unspecified atom stereocenters. The zero-order chi connectivity index (χ0) is 8.72. The minimum Gasteiger partial charge on any atom is -0.273 e. The fourth-order valence-electron chi connectivity index (χ4n) is 2.36. The van der Waals surface area contributed by atoms with Gasteiger partial charge in [-0.15, -0.1) is 0 Å². The number of carbonyl (C=O) groups excluding carboxylic acids is 1. The van der Waals surface area contributed by atoms with Crippen LogP contribution in [0.3, 0.4) is 0 Å². The molecule has 0 spiro atoms. The first-order valence-corrected chi connectivity index (χ1v) is 4.53. The van der Waals surface area contributed by atoms with Crippen LogP contribution in [-0.2, 0) is 4.79 Å². The van der Waals surface area contributed by atoms with Crippen LogP contribution < -0.4 is 0 Å². The van der Waals surface area contributed by atoms with E-state index in [1.807, 2.05) is 6.92 Å². The molecular weight excluding hydrogens is 151 g/mol. The van der Waals surface area contributed by atoms with E-state index < -0.39 is 0 Å². The Balaban J connectivity index is 2.31. The maximum atomic E-state index is 11.6. The van der Waals surface area contributed by atoms with Crippen molar-refractivity contribution in [3.05, 3.63) is 0 Å². The Labute approximate surface area is 73.1 Å². The molecule has 3 nitrogen and oxygen atoms in total. The van der Waals surface area contributed by atoms with Gasteiger partial charge in [0.1, 0.15) is 7.28 Å². The summed E-state index contributed by atoms with van der Waals surface area (Å²) in [7, 11) is 2.90. The van der Waals surface area contributed by atoms with E-state index in [-0.39, 0.29) is 11.8 Å². The van der Waals surface area contributed by atoms with Crippen LogP contribution in [0.4, 0.5) is 0 Å². The van der Waals surface area contributed by atoms with Crippen molar-refractivity contribution in [2.45, 2.75) is 25.5 Å². The van der Waals surface area contributed by atoms with E-state index in [0.29, 0.717) is 5.82 Å². The molecule has 4 heteroatoms. The molecule has 0 bridgehead atoms. The number of carbonyl (C=O) groups is 1. The number of hydrogen-bond acceptors (Lipinski definition) is 2. The van der Waals surface area contributed by atoms with Crippen molar-refractivity contribution in [1.29, 1.82) is 0 Å². The lowest BCUT2D eigenvalue weighted by Crippen LogP contribution is -2.37. The van der Waals surface area contributed by atoms with E-state index in [9.17, 15) is 4.79 Å². The highest BCUT2D eigenvalue weighted by Gasteiger charge is 2.39. The smallest absolute Gasteiger partial charge is 0.245 e. The molecule has 1 amide bonds. The third kappa shape index (κ3) is 0.975. The lowest BCUT2D eigenvalue weighted by molar-refractivity contribution is -0.134. The monoisotopic (exact) mass is 164 g/mol. The second-order valence-corrected chi connectivity index (χ2v) is 3.75. The van der Waals surface area contributed by atoms with E-state index >= 15 is 0 Å². The van der Waals surface area contributed by atoms with Crippen LogP contribution in [0.25, 0.3) is 0 Å². The van der Waals surface area contributed by atoms with Gasteiger partial charge >= 0.3 is 0 Å². The van der Waals surface area contributed by atoms with Gasteiger partial charge in [-0.25, -0.2) is 5.01 Å². The summed E-state index contributed by atoms with van der Waals surface area (Å²) in [5, 5.41) is 5.71. The number of hydrogen-bond donors (Lipinski definition) is 0. The number of nitrogens with zero attached hydrogens (tertiary/aromatic N) is 2. The summed E-state index contributed by atoms with van der Waals surface area (Å²) in [4.78, 5) is 11.6. The van der Waals surface area contributed by atoms with Crippen molar-refractivity contribution in [1.82, 2.24) is 5.01 Å². The molecule has 0 N–H and O–H groups in total. The Morgan fingerprint density at radius 1 is 1.67 bits per heavy atom. The third-order valence-corrected chi connectivity index (χ3v) is 3.00. The van der Waals surface area contributed by atoms with Crippen LogP contribution in [0.2, 0.25) is 12.1 Å². The van der Waals surface area contributed by atoms with E-state index in [1.54, 1.807) is 7.05 Å². The molecular formula is C8H13BN2O. The molecule has 2 aliphatic rings. The maximum Gasteiger partial charge on any atom is 0.245 e. The number of rotatable bonds is 0. The van der Waals surface area contributed by atoms with Crippen molar-refractivity contribution < 1.29 is 4.79 Å². The van der Waals surface area contributed by atoms with Gasteiger partial charge in [0.05, 0.1) is 0 Å². The fourth-order valence-corrected chi connectivity index (χ4v) is 2.36. The van der Waals surface area contributed by atoms with Crippen molar-refractivity contribution in [3.63, 3.8) is 0 Å². The lowest BCUT2D eigenvalue weighted by Gasteiger charge is -2.28. The Bertz CT molecular complexity index is 251. The molecule has 0 aromatic heterocycles. The zero-order valence-electron chi connectivity index (χ0n) is 7.58. The highest BCUT2D eigenvalue weighted by atomic mass is 16.2. The van der Waals surface area contributed by atoms with Gasteiger partial charge in [0.15, 0.2) is 0 Å². The third-order valence-electron chi connectivity index (χ3n) is 3.00. The summed E-state index contributed by atoms with van der Waals surface area (Å²) in [5.41, 5.74) is 1.14. The van der Waals surface area contributed by atoms with Gasteiger partial charge in [0, 0.05) is 18.7 Å². The minimum atomic E-state index is 0.211. The summed E-state index contributed by atoms with van der Waals surface area (Å²) >= 11 is 0. The van der Waals surface area contributed by atoms with Gasteiger partial charge in [-0.2, -0.15) is 5.10 Å². The normalized spacial score (nSPS) is 34.3. The molecule has 2 aliphatic heterocycles. The summed E-state index contributed by atoms with van der Waals surface area (Å²) in [6, 6.07) is 0. The molecule has 0 aliphatic carbocycles.